The average Bonchev–Trinajstić information content (AvgIpc) is 1.89. The fourth-order valence-corrected chi connectivity index (χ4v) is 0.938. The van der Waals surface area contributed by atoms with Gasteiger partial charge >= 0.3 is 0 Å². The lowest BCUT2D eigenvalue weighted by Gasteiger charge is -2.27. The smallest absolute Gasteiger partial charge is 0.211 e. The summed E-state index contributed by atoms with van der Waals surface area (Å²) >= 11 is 5.65. The number of amides is 1. The molecule has 1 rings (SSSR count). The van der Waals surface area contributed by atoms with Crippen LogP contribution in [0.3, 0.4) is 0 Å². The van der Waals surface area contributed by atoms with Gasteiger partial charge in [0.15, 0.2) is 0 Å². The van der Waals surface area contributed by atoms with Crippen LogP contribution in [0.25, 0.3) is 0 Å². The lowest BCUT2D eigenvalue weighted by atomic mass is 10.5. The predicted octanol–water partition coefficient (Wildman–Crippen LogP) is 0.0399. The molecule has 0 saturated carbocycles. The second-order valence-electron chi connectivity index (χ2n) is 1.85. The molecule has 4 heteroatoms. The molecule has 52 valence electrons. The standard InChI is InChI=1S/C5H8ClNO2/c6-5-3-9-2-1-7(5)4-8/h4-5H,1-3H2. The Bertz CT molecular complexity index is 109. The molecule has 0 aromatic rings. The van der Waals surface area contributed by atoms with Crippen LogP contribution in [0.2, 0.25) is 0 Å². The molecule has 1 atom stereocenters. The van der Waals surface area contributed by atoms with E-state index in [-0.39, 0.29) is 5.50 Å². The minimum Gasteiger partial charge on any atom is -0.376 e. The first-order valence-corrected chi connectivity index (χ1v) is 3.21. The minimum atomic E-state index is -0.267. The first-order valence-electron chi connectivity index (χ1n) is 2.77. The quantitative estimate of drug-likeness (QED) is 0.299. The second-order valence-corrected chi connectivity index (χ2v) is 2.36. The van der Waals surface area contributed by atoms with Gasteiger partial charge < -0.3 is 9.64 Å². The van der Waals surface area contributed by atoms with Gasteiger partial charge in [-0.3, -0.25) is 4.79 Å². The summed E-state index contributed by atoms with van der Waals surface area (Å²) < 4.78 is 4.98. The largest absolute Gasteiger partial charge is 0.376 e. The Labute approximate surface area is 58.5 Å². The van der Waals surface area contributed by atoms with Gasteiger partial charge in [-0.25, -0.2) is 0 Å². The zero-order valence-corrected chi connectivity index (χ0v) is 5.67. The SMILES string of the molecule is O=CN1CCOCC1Cl. The number of alkyl halides is 1. The third-order valence-electron chi connectivity index (χ3n) is 1.24. The molecule has 0 radical (unpaired) electrons. The van der Waals surface area contributed by atoms with Gasteiger partial charge in [0.2, 0.25) is 6.41 Å². The van der Waals surface area contributed by atoms with Gasteiger partial charge in [-0.05, 0) is 0 Å². The fraction of sp³-hybridized carbons (Fsp3) is 0.800. The Hall–Kier alpha value is -0.280. The maximum atomic E-state index is 10.2. The number of carbonyl (C=O) groups is 1. The summed E-state index contributed by atoms with van der Waals surface area (Å²) in [5, 5.41) is 0. The normalized spacial score (nSPS) is 28.1. The van der Waals surface area contributed by atoms with Crippen LogP contribution < -0.4 is 0 Å². The molecule has 0 spiro atoms. The van der Waals surface area contributed by atoms with Crippen LogP contribution in [0, 0.1) is 0 Å². The van der Waals surface area contributed by atoms with E-state index < -0.39 is 0 Å². The number of hydrogen-bond acceptors (Lipinski definition) is 2. The number of carbonyl (C=O) groups excluding carboxylic acids is 1. The van der Waals surface area contributed by atoms with E-state index in [1.165, 1.54) is 4.90 Å². The highest BCUT2D eigenvalue weighted by Gasteiger charge is 2.17. The Morgan fingerprint density at radius 3 is 3.00 bits per heavy atom. The number of hydrogen-bond donors (Lipinski definition) is 0. The van der Waals surface area contributed by atoms with Crippen LogP contribution >= 0.6 is 11.6 Å². The summed E-state index contributed by atoms with van der Waals surface area (Å²) in [7, 11) is 0. The number of rotatable bonds is 1. The molecule has 1 unspecified atom stereocenters. The summed E-state index contributed by atoms with van der Waals surface area (Å²) in [6.07, 6.45) is 0.750. The molecule has 1 amide bonds. The molecule has 1 aliphatic rings. The van der Waals surface area contributed by atoms with Crippen molar-refractivity contribution >= 4 is 18.0 Å². The molecule has 0 bridgehead atoms. The Morgan fingerprint density at radius 1 is 1.78 bits per heavy atom. The number of halogens is 1. The van der Waals surface area contributed by atoms with E-state index in [0.29, 0.717) is 19.8 Å². The summed E-state index contributed by atoms with van der Waals surface area (Å²) in [5.74, 6) is 0. The van der Waals surface area contributed by atoms with Crippen molar-refractivity contribution in [1.82, 2.24) is 4.90 Å². The second kappa shape index (κ2) is 3.03. The highest BCUT2D eigenvalue weighted by Crippen LogP contribution is 2.06. The number of ether oxygens (including phenoxy) is 1. The van der Waals surface area contributed by atoms with Crippen molar-refractivity contribution in [2.75, 3.05) is 19.8 Å². The molecule has 0 aliphatic carbocycles. The van der Waals surface area contributed by atoms with Gasteiger partial charge in [0.05, 0.1) is 13.2 Å². The van der Waals surface area contributed by atoms with E-state index in [2.05, 4.69) is 0 Å². The first kappa shape index (κ1) is 6.83. The molecule has 9 heavy (non-hydrogen) atoms. The van der Waals surface area contributed by atoms with E-state index in [4.69, 9.17) is 16.3 Å². The van der Waals surface area contributed by atoms with E-state index in [9.17, 15) is 4.79 Å². The van der Waals surface area contributed by atoms with Gasteiger partial charge in [-0.2, -0.15) is 0 Å². The first-order chi connectivity index (χ1) is 4.34. The molecule has 0 aromatic heterocycles. The third kappa shape index (κ3) is 1.56. The van der Waals surface area contributed by atoms with Crippen LogP contribution in [0.1, 0.15) is 0 Å². The molecular formula is C5H8ClNO2. The van der Waals surface area contributed by atoms with Gasteiger partial charge in [0, 0.05) is 6.54 Å². The molecule has 0 N–H and O–H groups in total. The highest BCUT2D eigenvalue weighted by molar-refractivity contribution is 6.21. The van der Waals surface area contributed by atoms with Crippen LogP contribution in [0.15, 0.2) is 0 Å². The predicted molar refractivity (Wildman–Crippen MR) is 33.2 cm³/mol. The zero-order chi connectivity index (χ0) is 6.69. The van der Waals surface area contributed by atoms with Gasteiger partial charge in [-0.1, -0.05) is 11.6 Å². The van der Waals surface area contributed by atoms with Crippen molar-refractivity contribution in [3.8, 4) is 0 Å². The number of nitrogens with zero attached hydrogens (tertiary/aromatic N) is 1. The van der Waals surface area contributed by atoms with Crippen LogP contribution in [-0.4, -0.2) is 36.6 Å². The van der Waals surface area contributed by atoms with Crippen molar-refractivity contribution in [3.05, 3.63) is 0 Å². The summed E-state index contributed by atoms with van der Waals surface area (Å²) in [6.45, 7) is 1.65. The van der Waals surface area contributed by atoms with Gasteiger partial charge in [0.1, 0.15) is 5.50 Å². The molecule has 3 nitrogen and oxygen atoms in total. The molecule has 1 saturated heterocycles. The van der Waals surface area contributed by atoms with E-state index in [1.54, 1.807) is 0 Å². The van der Waals surface area contributed by atoms with Crippen molar-refractivity contribution in [1.29, 1.82) is 0 Å². The summed E-state index contributed by atoms with van der Waals surface area (Å²) in [5.41, 5.74) is -0.267. The fourth-order valence-electron chi connectivity index (χ4n) is 0.705. The third-order valence-corrected chi connectivity index (χ3v) is 1.62. The lowest BCUT2D eigenvalue weighted by molar-refractivity contribution is -0.123. The number of morpholine rings is 1. The molecule has 1 aliphatic heterocycles. The average molecular weight is 150 g/mol. The van der Waals surface area contributed by atoms with E-state index >= 15 is 0 Å². The molecule has 1 fully saturated rings. The van der Waals surface area contributed by atoms with E-state index in [0.717, 1.165) is 6.41 Å². The van der Waals surface area contributed by atoms with E-state index in [1.807, 2.05) is 0 Å². The Kier molecular flexibility index (Phi) is 2.30. The Morgan fingerprint density at radius 2 is 2.56 bits per heavy atom. The van der Waals surface area contributed by atoms with Crippen LogP contribution in [0.5, 0.6) is 0 Å². The van der Waals surface area contributed by atoms with Crippen molar-refractivity contribution in [2.45, 2.75) is 5.50 Å². The molecule has 0 aromatic carbocycles. The monoisotopic (exact) mass is 149 g/mol. The lowest BCUT2D eigenvalue weighted by Crippen LogP contribution is -2.40. The molecule has 1 heterocycles. The van der Waals surface area contributed by atoms with Crippen molar-refractivity contribution in [2.24, 2.45) is 0 Å². The van der Waals surface area contributed by atoms with Crippen LogP contribution in [0.4, 0.5) is 0 Å². The van der Waals surface area contributed by atoms with Gasteiger partial charge in [0.25, 0.3) is 0 Å². The maximum Gasteiger partial charge on any atom is 0.211 e. The van der Waals surface area contributed by atoms with Gasteiger partial charge in [-0.15, -0.1) is 0 Å². The van der Waals surface area contributed by atoms with Crippen molar-refractivity contribution < 1.29 is 9.53 Å². The minimum absolute atomic E-state index is 0.267. The molecular weight excluding hydrogens is 142 g/mol. The highest BCUT2D eigenvalue weighted by atomic mass is 35.5. The van der Waals surface area contributed by atoms with Crippen molar-refractivity contribution in [3.63, 3.8) is 0 Å². The topological polar surface area (TPSA) is 29.5 Å². The summed E-state index contributed by atoms with van der Waals surface area (Å²) in [6, 6.07) is 0. The summed E-state index contributed by atoms with van der Waals surface area (Å²) in [4.78, 5) is 11.7. The Balaban J connectivity index is 2.38. The van der Waals surface area contributed by atoms with Crippen LogP contribution in [-0.2, 0) is 9.53 Å². The zero-order valence-electron chi connectivity index (χ0n) is 4.92. The maximum absolute atomic E-state index is 10.2.